The molecule has 1 heterocycles. The number of halogens is 2. The van der Waals surface area contributed by atoms with Gasteiger partial charge in [-0.1, -0.05) is 22.0 Å². The van der Waals surface area contributed by atoms with E-state index in [1.165, 1.54) is 10.9 Å². The van der Waals surface area contributed by atoms with E-state index in [1.807, 2.05) is 6.07 Å². The molecule has 0 radical (unpaired) electrons. The van der Waals surface area contributed by atoms with Crippen molar-refractivity contribution in [1.29, 1.82) is 0 Å². The van der Waals surface area contributed by atoms with Crippen LogP contribution in [0.15, 0.2) is 40.2 Å². The van der Waals surface area contributed by atoms with Crippen LogP contribution in [0, 0.1) is 5.82 Å². The van der Waals surface area contributed by atoms with Crippen LogP contribution in [0.3, 0.4) is 0 Å². The second kappa shape index (κ2) is 6.64. The van der Waals surface area contributed by atoms with Gasteiger partial charge in [-0.05, 0) is 49.1 Å². The molecule has 1 aromatic carbocycles. The highest BCUT2D eigenvalue weighted by Gasteiger charge is 2.12. The maximum Gasteiger partial charge on any atom is 0.124 e. The molecule has 0 fully saturated rings. The topological polar surface area (TPSA) is 3.24 Å². The Kier molecular flexibility index (Phi) is 5.13. The Morgan fingerprint density at radius 1 is 1.26 bits per heavy atom. The van der Waals surface area contributed by atoms with E-state index < -0.39 is 0 Å². The number of nitrogens with zero attached hydrogens (tertiary/aromatic N) is 1. The second-order valence-corrected chi connectivity index (χ2v) is 6.80. The molecule has 0 aliphatic carbocycles. The van der Waals surface area contributed by atoms with E-state index in [0.717, 1.165) is 23.1 Å². The zero-order valence-corrected chi connectivity index (χ0v) is 13.5. The summed E-state index contributed by atoms with van der Waals surface area (Å²) in [5.74, 6) is -0.191. The first-order valence-electron chi connectivity index (χ1n) is 6.26. The molecule has 2 rings (SSSR count). The van der Waals surface area contributed by atoms with Crippen molar-refractivity contribution in [2.45, 2.75) is 33.0 Å². The minimum absolute atomic E-state index is 0.191. The summed E-state index contributed by atoms with van der Waals surface area (Å²) in [6.45, 7) is 6.00. The van der Waals surface area contributed by atoms with Crippen LogP contribution in [0.4, 0.5) is 4.39 Å². The van der Waals surface area contributed by atoms with E-state index >= 15 is 0 Å². The highest BCUT2D eigenvalue weighted by molar-refractivity contribution is 9.10. The molecule has 0 amide bonds. The van der Waals surface area contributed by atoms with Crippen molar-refractivity contribution in [2.24, 2.45) is 0 Å². The third kappa shape index (κ3) is 4.41. The second-order valence-electron chi connectivity index (χ2n) is 4.86. The molecular formula is C15H17BrFNS. The lowest BCUT2D eigenvalue weighted by Crippen LogP contribution is -2.29. The molecule has 0 aliphatic rings. The van der Waals surface area contributed by atoms with E-state index in [1.54, 1.807) is 17.4 Å². The van der Waals surface area contributed by atoms with Crippen LogP contribution in [-0.4, -0.2) is 10.9 Å². The Balaban J connectivity index is 2.12. The summed E-state index contributed by atoms with van der Waals surface area (Å²) in [6, 6.07) is 9.70. The highest BCUT2D eigenvalue weighted by atomic mass is 79.9. The largest absolute Gasteiger partial charge is 0.292 e. The Labute approximate surface area is 126 Å². The summed E-state index contributed by atoms with van der Waals surface area (Å²) in [4.78, 5) is 3.68. The lowest BCUT2D eigenvalue weighted by atomic mass is 10.2. The van der Waals surface area contributed by atoms with E-state index in [0.29, 0.717) is 6.04 Å². The maximum absolute atomic E-state index is 13.4. The molecular weight excluding hydrogens is 325 g/mol. The lowest BCUT2D eigenvalue weighted by Gasteiger charge is -2.26. The Bertz CT molecular complexity index is 505. The van der Waals surface area contributed by atoms with Crippen LogP contribution < -0.4 is 0 Å². The fraction of sp³-hybridized carbons (Fsp3) is 0.333. The summed E-state index contributed by atoms with van der Waals surface area (Å²) in [7, 11) is 0. The predicted octanol–water partition coefficient (Wildman–Crippen LogP) is 5.06. The van der Waals surface area contributed by atoms with Gasteiger partial charge in [0, 0.05) is 28.5 Å². The summed E-state index contributed by atoms with van der Waals surface area (Å²) < 4.78 is 14.2. The highest BCUT2D eigenvalue weighted by Crippen LogP contribution is 2.20. The van der Waals surface area contributed by atoms with E-state index in [4.69, 9.17) is 0 Å². The molecule has 0 unspecified atom stereocenters. The van der Waals surface area contributed by atoms with Crippen molar-refractivity contribution in [2.75, 3.05) is 0 Å². The Morgan fingerprint density at radius 2 is 2.05 bits per heavy atom. The van der Waals surface area contributed by atoms with Gasteiger partial charge in [0.05, 0.1) is 0 Å². The van der Waals surface area contributed by atoms with Crippen molar-refractivity contribution in [3.63, 3.8) is 0 Å². The number of rotatable bonds is 5. The van der Waals surface area contributed by atoms with Gasteiger partial charge in [-0.2, -0.15) is 0 Å². The third-order valence-electron chi connectivity index (χ3n) is 2.98. The molecule has 0 saturated carbocycles. The molecule has 0 aliphatic heterocycles. The van der Waals surface area contributed by atoms with Gasteiger partial charge in [0.25, 0.3) is 0 Å². The molecule has 0 spiro atoms. The smallest absolute Gasteiger partial charge is 0.124 e. The molecule has 0 saturated heterocycles. The first-order chi connectivity index (χ1) is 9.04. The Hall–Kier alpha value is -0.710. The molecule has 4 heteroatoms. The summed E-state index contributed by atoms with van der Waals surface area (Å²) in [5.41, 5.74) is 0.997. The van der Waals surface area contributed by atoms with Crippen molar-refractivity contribution >= 4 is 27.3 Å². The average molecular weight is 342 g/mol. The minimum Gasteiger partial charge on any atom is -0.292 e. The zero-order chi connectivity index (χ0) is 13.8. The Morgan fingerprint density at radius 3 is 2.63 bits per heavy atom. The predicted molar refractivity (Wildman–Crippen MR) is 82.8 cm³/mol. The molecule has 102 valence electrons. The SMILES string of the molecule is CC(C)N(Cc1cc(F)cc(Br)c1)Cc1cccs1. The summed E-state index contributed by atoms with van der Waals surface area (Å²) in [5, 5.41) is 2.09. The first kappa shape index (κ1) is 14.7. The van der Waals surface area contributed by atoms with Crippen molar-refractivity contribution in [1.82, 2.24) is 4.90 Å². The molecule has 19 heavy (non-hydrogen) atoms. The van der Waals surface area contributed by atoms with Gasteiger partial charge in [0.1, 0.15) is 5.82 Å². The molecule has 0 N–H and O–H groups in total. The van der Waals surface area contributed by atoms with E-state index in [2.05, 4.69) is 52.2 Å². The molecule has 0 atom stereocenters. The van der Waals surface area contributed by atoms with Crippen LogP contribution >= 0.6 is 27.3 Å². The van der Waals surface area contributed by atoms with Gasteiger partial charge in [-0.25, -0.2) is 4.39 Å². The zero-order valence-electron chi connectivity index (χ0n) is 11.1. The summed E-state index contributed by atoms with van der Waals surface area (Å²) in [6.07, 6.45) is 0. The average Bonchev–Trinajstić information content (AvgIpc) is 2.79. The number of thiophene rings is 1. The van der Waals surface area contributed by atoms with E-state index in [9.17, 15) is 4.39 Å². The fourth-order valence-electron chi connectivity index (χ4n) is 1.96. The van der Waals surface area contributed by atoms with Gasteiger partial charge < -0.3 is 0 Å². The molecule has 0 bridgehead atoms. The van der Waals surface area contributed by atoms with Gasteiger partial charge in [-0.3, -0.25) is 4.90 Å². The van der Waals surface area contributed by atoms with Gasteiger partial charge in [0.15, 0.2) is 0 Å². The van der Waals surface area contributed by atoms with Crippen LogP contribution in [-0.2, 0) is 13.1 Å². The number of hydrogen-bond acceptors (Lipinski definition) is 2. The fourth-order valence-corrected chi connectivity index (χ4v) is 3.20. The van der Waals surface area contributed by atoms with E-state index in [-0.39, 0.29) is 5.82 Å². The normalized spacial score (nSPS) is 11.5. The van der Waals surface area contributed by atoms with Crippen molar-refractivity contribution in [3.05, 3.63) is 56.4 Å². The molecule has 1 nitrogen and oxygen atoms in total. The van der Waals surface area contributed by atoms with Crippen LogP contribution in [0.1, 0.15) is 24.3 Å². The molecule has 1 aromatic heterocycles. The minimum atomic E-state index is -0.191. The number of hydrogen-bond donors (Lipinski definition) is 0. The standard InChI is InChI=1S/C15H17BrFNS/c1-11(2)18(10-15-4-3-5-19-15)9-12-6-13(16)8-14(17)7-12/h3-8,11H,9-10H2,1-2H3. The maximum atomic E-state index is 13.4. The van der Waals surface area contributed by atoms with Crippen molar-refractivity contribution < 1.29 is 4.39 Å². The van der Waals surface area contributed by atoms with Crippen LogP contribution in [0.5, 0.6) is 0 Å². The van der Waals surface area contributed by atoms with Crippen LogP contribution in [0.25, 0.3) is 0 Å². The number of benzene rings is 1. The molecule has 2 aromatic rings. The third-order valence-corrected chi connectivity index (χ3v) is 4.30. The van der Waals surface area contributed by atoms with Crippen LogP contribution in [0.2, 0.25) is 0 Å². The van der Waals surface area contributed by atoms with Gasteiger partial charge in [0.2, 0.25) is 0 Å². The quantitative estimate of drug-likeness (QED) is 0.734. The first-order valence-corrected chi connectivity index (χ1v) is 7.93. The van der Waals surface area contributed by atoms with Crippen molar-refractivity contribution in [3.8, 4) is 0 Å². The lowest BCUT2D eigenvalue weighted by molar-refractivity contribution is 0.205. The van der Waals surface area contributed by atoms with Gasteiger partial charge in [-0.15, -0.1) is 11.3 Å². The van der Waals surface area contributed by atoms with Gasteiger partial charge >= 0.3 is 0 Å². The monoisotopic (exact) mass is 341 g/mol. The summed E-state index contributed by atoms with van der Waals surface area (Å²) >= 11 is 5.10.